The van der Waals surface area contributed by atoms with Gasteiger partial charge in [0, 0.05) is 18.3 Å². The Hall–Kier alpha value is -3.22. The molecular weight excluding hydrogens is 322 g/mol. The Morgan fingerprint density at radius 3 is 2.52 bits per heavy atom. The van der Waals surface area contributed by atoms with Crippen LogP contribution in [0.4, 0.5) is 11.4 Å². The van der Waals surface area contributed by atoms with Gasteiger partial charge in [0.15, 0.2) is 0 Å². The predicted molar refractivity (Wildman–Crippen MR) is 92.4 cm³/mol. The van der Waals surface area contributed by atoms with Gasteiger partial charge < -0.3 is 10.2 Å². The third-order valence-electron chi connectivity index (χ3n) is 4.16. The molecule has 2 amide bonds. The number of rotatable bonds is 4. The smallest absolute Gasteiger partial charge is 0.282 e. The molecule has 0 saturated carbocycles. The first-order valence-corrected chi connectivity index (χ1v) is 7.98. The van der Waals surface area contributed by atoms with Gasteiger partial charge in [-0.25, -0.2) is 0 Å². The van der Waals surface area contributed by atoms with E-state index in [2.05, 4.69) is 5.32 Å². The molecule has 2 aromatic carbocycles. The Bertz CT molecular complexity index is 807. The highest BCUT2D eigenvalue weighted by molar-refractivity contribution is 6.04. The van der Waals surface area contributed by atoms with Crippen LogP contribution in [-0.2, 0) is 4.79 Å². The van der Waals surface area contributed by atoms with Gasteiger partial charge in [-0.2, -0.15) is 0 Å². The van der Waals surface area contributed by atoms with Gasteiger partial charge in [-0.3, -0.25) is 19.7 Å². The number of hydrogen-bond acceptors (Lipinski definition) is 4. The molecule has 25 heavy (non-hydrogen) atoms. The maximum absolute atomic E-state index is 12.7. The van der Waals surface area contributed by atoms with Gasteiger partial charge >= 0.3 is 0 Å². The Morgan fingerprint density at radius 1 is 1.12 bits per heavy atom. The number of anilines is 1. The summed E-state index contributed by atoms with van der Waals surface area (Å²) >= 11 is 0. The number of para-hydroxylation sites is 2. The summed E-state index contributed by atoms with van der Waals surface area (Å²) in [5.74, 6) is -0.815. The Balaban J connectivity index is 1.78. The van der Waals surface area contributed by atoms with Gasteiger partial charge in [0.1, 0.15) is 11.6 Å². The van der Waals surface area contributed by atoms with Crippen molar-refractivity contribution < 1.29 is 14.5 Å². The van der Waals surface area contributed by atoms with Gasteiger partial charge in [0.25, 0.3) is 11.6 Å². The predicted octanol–water partition coefficient (Wildman–Crippen LogP) is 2.52. The molecule has 1 atom stereocenters. The number of carbonyl (C=O) groups is 2. The van der Waals surface area contributed by atoms with E-state index in [4.69, 9.17) is 0 Å². The minimum atomic E-state index is -0.693. The number of hydrogen-bond donors (Lipinski definition) is 1. The molecule has 1 saturated heterocycles. The van der Waals surface area contributed by atoms with Crippen LogP contribution in [0.5, 0.6) is 0 Å². The number of nitro benzene ring substituents is 1. The SMILES string of the molecule is O=C(N[C@@H]1CCCN(c2ccccc2)C1=O)c1ccccc1[N+](=O)[O-]. The van der Waals surface area contributed by atoms with E-state index >= 15 is 0 Å². The molecule has 1 heterocycles. The van der Waals surface area contributed by atoms with Crippen LogP contribution in [-0.4, -0.2) is 29.3 Å². The molecule has 1 N–H and O–H groups in total. The number of benzene rings is 2. The highest BCUT2D eigenvalue weighted by Crippen LogP contribution is 2.22. The normalized spacial score (nSPS) is 17.2. The van der Waals surface area contributed by atoms with Gasteiger partial charge in [-0.1, -0.05) is 30.3 Å². The molecule has 2 aromatic rings. The van der Waals surface area contributed by atoms with Crippen molar-refractivity contribution in [2.24, 2.45) is 0 Å². The van der Waals surface area contributed by atoms with Crippen molar-refractivity contribution in [3.8, 4) is 0 Å². The quantitative estimate of drug-likeness (QED) is 0.684. The summed E-state index contributed by atoms with van der Waals surface area (Å²) in [7, 11) is 0. The highest BCUT2D eigenvalue weighted by Gasteiger charge is 2.32. The molecule has 128 valence electrons. The largest absolute Gasteiger partial charge is 0.340 e. The monoisotopic (exact) mass is 339 g/mol. The number of amides is 2. The molecule has 0 aromatic heterocycles. The molecule has 0 aliphatic carbocycles. The van der Waals surface area contributed by atoms with Crippen LogP contribution in [0.1, 0.15) is 23.2 Å². The van der Waals surface area contributed by atoms with Crippen LogP contribution in [0.3, 0.4) is 0 Å². The molecule has 7 nitrogen and oxygen atoms in total. The van der Waals surface area contributed by atoms with E-state index in [-0.39, 0.29) is 17.2 Å². The van der Waals surface area contributed by atoms with E-state index in [0.29, 0.717) is 13.0 Å². The second-order valence-electron chi connectivity index (χ2n) is 5.77. The van der Waals surface area contributed by atoms with E-state index in [0.717, 1.165) is 12.1 Å². The van der Waals surface area contributed by atoms with Gasteiger partial charge in [0.2, 0.25) is 5.91 Å². The fourth-order valence-corrected chi connectivity index (χ4v) is 2.93. The molecule has 0 spiro atoms. The number of nitrogens with one attached hydrogen (secondary N) is 1. The van der Waals surface area contributed by atoms with Crippen molar-refractivity contribution in [2.45, 2.75) is 18.9 Å². The van der Waals surface area contributed by atoms with Crippen molar-refractivity contribution in [1.29, 1.82) is 0 Å². The molecule has 1 fully saturated rings. The van der Waals surface area contributed by atoms with Gasteiger partial charge in [-0.15, -0.1) is 0 Å². The van der Waals surface area contributed by atoms with E-state index in [9.17, 15) is 19.7 Å². The summed E-state index contributed by atoms with van der Waals surface area (Å²) in [5.41, 5.74) is 0.456. The Kier molecular flexibility index (Phi) is 4.74. The fraction of sp³-hybridized carbons (Fsp3) is 0.222. The summed E-state index contributed by atoms with van der Waals surface area (Å²) in [6.45, 7) is 0.584. The van der Waals surface area contributed by atoms with Gasteiger partial charge in [0.05, 0.1) is 4.92 Å². The lowest BCUT2D eigenvalue weighted by atomic mass is 10.0. The van der Waals surface area contributed by atoms with Crippen LogP contribution >= 0.6 is 0 Å². The molecule has 1 aliphatic rings. The van der Waals surface area contributed by atoms with Crippen molar-refractivity contribution in [2.75, 3.05) is 11.4 Å². The zero-order chi connectivity index (χ0) is 17.8. The van der Waals surface area contributed by atoms with Crippen LogP contribution in [0.25, 0.3) is 0 Å². The molecule has 3 rings (SSSR count). The van der Waals surface area contributed by atoms with Crippen molar-refractivity contribution in [3.63, 3.8) is 0 Å². The molecule has 0 radical (unpaired) electrons. The van der Waals surface area contributed by atoms with E-state index < -0.39 is 16.9 Å². The number of carbonyl (C=O) groups excluding carboxylic acids is 2. The minimum Gasteiger partial charge on any atom is -0.340 e. The standard InChI is InChI=1S/C18H17N3O4/c22-17(14-9-4-5-11-16(14)21(24)25)19-15-10-6-12-20(18(15)23)13-7-2-1-3-8-13/h1-5,7-9,11,15H,6,10,12H2,(H,19,22)/t15-/m1/s1. The second kappa shape index (κ2) is 7.12. The molecule has 1 aliphatic heterocycles. The van der Waals surface area contributed by atoms with Crippen molar-refractivity contribution >= 4 is 23.2 Å². The molecule has 0 unspecified atom stereocenters. The van der Waals surface area contributed by atoms with Gasteiger partial charge in [-0.05, 0) is 31.0 Å². The number of nitrogens with zero attached hydrogens (tertiary/aromatic N) is 2. The van der Waals surface area contributed by atoms with E-state index in [1.165, 1.54) is 18.2 Å². The zero-order valence-electron chi connectivity index (χ0n) is 13.4. The average molecular weight is 339 g/mol. The topological polar surface area (TPSA) is 92.6 Å². The Labute approximate surface area is 144 Å². The second-order valence-corrected chi connectivity index (χ2v) is 5.77. The summed E-state index contributed by atoms with van der Waals surface area (Å²) in [6, 6.07) is 14.2. The Morgan fingerprint density at radius 2 is 1.80 bits per heavy atom. The lowest BCUT2D eigenvalue weighted by Gasteiger charge is -2.32. The molecular formula is C18H17N3O4. The highest BCUT2D eigenvalue weighted by atomic mass is 16.6. The van der Waals surface area contributed by atoms with Crippen LogP contribution < -0.4 is 10.2 Å². The average Bonchev–Trinajstić information content (AvgIpc) is 2.64. The molecule has 0 bridgehead atoms. The zero-order valence-corrected chi connectivity index (χ0v) is 13.4. The fourth-order valence-electron chi connectivity index (χ4n) is 2.93. The first-order chi connectivity index (χ1) is 12.1. The first-order valence-electron chi connectivity index (χ1n) is 7.98. The van der Waals surface area contributed by atoms with Crippen molar-refractivity contribution in [3.05, 3.63) is 70.3 Å². The number of piperidine rings is 1. The third-order valence-corrected chi connectivity index (χ3v) is 4.16. The summed E-state index contributed by atoms with van der Waals surface area (Å²) in [4.78, 5) is 37.2. The molecule has 7 heteroatoms. The maximum atomic E-state index is 12.7. The summed E-state index contributed by atoms with van der Waals surface area (Å²) in [6.07, 6.45) is 1.25. The maximum Gasteiger partial charge on any atom is 0.282 e. The van der Waals surface area contributed by atoms with Crippen LogP contribution in [0.2, 0.25) is 0 Å². The van der Waals surface area contributed by atoms with Crippen molar-refractivity contribution in [1.82, 2.24) is 5.32 Å². The van der Waals surface area contributed by atoms with Crippen LogP contribution in [0.15, 0.2) is 54.6 Å². The van der Waals surface area contributed by atoms with E-state index in [1.54, 1.807) is 11.0 Å². The first kappa shape index (κ1) is 16.6. The van der Waals surface area contributed by atoms with E-state index in [1.807, 2.05) is 30.3 Å². The summed E-state index contributed by atoms with van der Waals surface area (Å²) in [5, 5.41) is 13.7. The number of nitro groups is 1. The third kappa shape index (κ3) is 3.50. The van der Waals surface area contributed by atoms with Crippen LogP contribution in [0, 0.1) is 10.1 Å². The minimum absolute atomic E-state index is 0.0443. The lowest BCUT2D eigenvalue weighted by Crippen LogP contribution is -2.52. The summed E-state index contributed by atoms with van der Waals surface area (Å²) < 4.78 is 0. The lowest BCUT2D eigenvalue weighted by molar-refractivity contribution is -0.385.